The normalized spacial score (nSPS) is 21.6. The maximum Gasteiger partial charge on any atom is 0.225 e. The van der Waals surface area contributed by atoms with E-state index in [1.165, 1.54) is 0 Å². The number of amides is 1. The second-order valence-electron chi connectivity index (χ2n) is 9.21. The Morgan fingerprint density at radius 3 is 2.97 bits per heavy atom. The first kappa shape index (κ1) is 21.2. The maximum absolute atomic E-state index is 12.8. The molecule has 172 valence electrons. The largest absolute Gasteiger partial charge is 0.489 e. The molecule has 1 fully saturated rings. The van der Waals surface area contributed by atoms with E-state index in [1.54, 1.807) is 6.20 Å². The SMILES string of the molecule is Cc1cccc(Cl)c1CC(=O)C[C@@H]1C2Oc3ccc(Oc4ccnc5c4CCC(=O)N5)cc3[C@H]21. The van der Waals surface area contributed by atoms with E-state index in [0.29, 0.717) is 48.0 Å². The number of carbonyl (C=O) groups is 2. The van der Waals surface area contributed by atoms with Gasteiger partial charge in [-0.2, -0.15) is 0 Å². The van der Waals surface area contributed by atoms with Gasteiger partial charge >= 0.3 is 0 Å². The lowest BCUT2D eigenvalue weighted by atomic mass is 9.99. The molecule has 2 aliphatic heterocycles. The van der Waals surface area contributed by atoms with Crippen LogP contribution in [0.3, 0.4) is 0 Å². The molecule has 0 saturated heterocycles. The van der Waals surface area contributed by atoms with E-state index < -0.39 is 0 Å². The third-order valence-electron chi connectivity index (χ3n) is 6.99. The number of carbonyl (C=O) groups excluding carboxylic acids is 2. The Labute approximate surface area is 202 Å². The summed E-state index contributed by atoms with van der Waals surface area (Å²) in [4.78, 5) is 28.7. The van der Waals surface area contributed by atoms with Crippen LogP contribution in [0.2, 0.25) is 5.02 Å². The molecule has 1 N–H and O–H groups in total. The van der Waals surface area contributed by atoms with E-state index >= 15 is 0 Å². The minimum Gasteiger partial charge on any atom is -0.489 e. The zero-order valence-corrected chi connectivity index (χ0v) is 19.4. The van der Waals surface area contributed by atoms with Gasteiger partial charge in [0, 0.05) is 53.4 Å². The molecule has 0 spiro atoms. The lowest BCUT2D eigenvalue weighted by Gasteiger charge is -2.19. The average molecular weight is 475 g/mol. The quantitative estimate of drug-likeness (QED) is 0.517. The van der Waals surface area contributed by atoms with Gasteiger partial charge in [0.15, 0.2) is 0 Å². The number of fused-ring (bicyclic) bond motifs is 4. The zero-order valence-electron chi connectivity index (χ0n) is 18.6. The predicted octanol–water partition coefficient (Wildman–Crippen LogP) is 5.40. The fourth-order valence-corrected chi connectivity index (χ4v) is 5.45. The molecule has 3 heterocycles. The van der Waals surface area contributed by atoms with Gasteiger partial charge in [-0.15, -0.1) is 0 Å². The first-order valence-electron chi connectivity index (χ1n) is 11.5. The number of nitrogens with zero attached hydrogens (tertiary/aromatic N) is 1. The molecule has 1 aromatic heterocycles. The van der Waals surface area contributed by atoms with Crippen LogP contribution in [0.5, 0.6) is 17.2 Å². The number of aryl methyl sites for hydroxylation is 1. The number of Topliss-reactive ketones (excluding diaryl/α,β-unsaturated/α-hetero) is 1. The maximum atomic E-state index is 12.8. The number of nitrogens with one attached hydrogen (secondary N) is 1. The van der Waals surface area contributed by atoms with Crippen LogP contribution in [0, 0.1) is 12.8 Å². The van der Waals surface area contributed by atoms with E-state index in [4.69, 9.17) is 21.1 Å². The number of ketones is 1. The van der Waals surface area contributed by atoms with E-state index in [0.717, 1.165) is 28.0 Å². The van der Waals surface area contributed by atoms with Gasteiger partial charge in [0.1, 0.15) is 35.0 Å². The van der Waals surface area contributed by atoms with Crippen molar-refractivity contribution in [3.8, 4) is 17.2 Å². The van der Waals surface area contributed by atoms with Gasteiger partial charge in [0.05, 0.1) is 0 Å². The number of anilines is 1. The summed E-state index contributed by atoms with van der Waals surface area (Å²) in [7, 11) is 0. The van der Waals surface area contributed by atoms with Crippen LogP contribution in [-0.4, -0.2) is 22.8 Å². The molecule has 3 aliphatic rings. The minimum atomic E-state index is -0.0307. The van der Waals surface area contributed by atoms with Crippen molar-refractivity contribution in [2.75, 3.05) is 5.32 Å². The zero-order chi connectivity index (χ0) is 23.4. The fourth-order valence-electron chi connectivity index (χ4n) is 5.16. The van der Waals surface area contributed by atoms with Crippen molar-refractivity contribution in [3.63, 3.8) is 0 Å². The molecule has 0 bridgehead atoms. The van der Waals surface area contributed by atoms with Crippen molar-refractivity contribution < 1.29 is 19.1 Å². The number of ether oxygens (including phenoxy) is 2. The molecule has 1 aliphatic carbocycles. The standard InChI is InChI=1S/C27H23ClN2O4/c1-14-3-2-4-21(28)18(14)11-15(31)12-20-25-19-13-16(5-7-22(19)34-26(20)25)33-23-9-10-29-27-17(23)6-8-24(32)30-27/h2-5,7,9-10,13,20,25-26H,6,8,11-12H2,1H3,(H,29,30,32)/t20-,25-,26?/m0/s1. The first-order chi connectivity index (χ1) is 16.5. The van der Waals surface area contributed by atoms with Crippen LogP contribution in [0.25, 0.3) is 0 Å². The number of hydrogen-bond donors (Lipinski definition) is 1. The Hall–Kier alpha value is -3.38. The summed E-state index contributed by atoms with van der Waals surface area (Å²) in [5.74, 6) is 3.36. The van der Waals surface area contributed by atoms with Crippen molar-refractivity contribution in [2.24, 2.45) is 5.92 Å². The molecule has 3 atom stereocenters. The summed E-state index contributed by atoms with van der Waals surface area (Å²) in [5.41, 5.74) is 3.94. The molecule has 1 unspecified atom stereocenters. The Morgan fingerprint density at radius 2 is 2.12 bits per heavy atom. The van der Waals surface area contributed by atoms with Crippen LogP contribution < -0.4 is 14.8 Å². The second-order valence-corrected chi connectivity index (χ2v) is 9.62. The highest BCUT2D eigenvalue weighted by Crippen LogP contribution is 2.60. The van der Waals surface area contributed by atoms with E-state index in [9.17, 15) is 9.59 Å². The smallest absolute Gasteiger partial charge is 0.225 e. The lowest BCUT2D eigenvalue weighted by Crippen LogP contribution is -2.20. The van der Waals surface area contributed by atoms with E-state index in [2.05, 4.69) is 10.3 Å². The number of rotatable bonds is 6. The summed E-state index contributed by atoms with van der Waals surface area (Å²) >= 11 is 6.31. The molecule has 7 heteroatoms. The van der Waals surface area contributed by atoms with Crippen LogP contribution in [0.4, 0.5) is 5.82 Å². The van der Waals surface area contributed by atoms with Crippen molar-refractivity contribution in [1.29, 1.82) is 0 Å². The van der Waals surface area contributed by atoms with Gasteiger partial charge in [-0.25, -0.2) is 4.98 Å². The van der Waals surface area contributed by atoms with Crippen LogP contribution in [-0.2, 0) is 22.4 Å². The molecule has 0 radical (unpaired) electrons. The molecule has 34 heavy (non-hydrogen) atoms. The molecule has 6 nitrogen and oxygen atoms in total. The van der Waals surface area contributed by atoms with Gasteiger partial charge in [-0.3, -0.25) is 9.59 Å². The van der Waals surface area contributed by atoms with Crippen molar-refractivity contribution in [1.82, 2.24) is 4.98 Å². The Balaban J connectivity index is 1.16. The number of hydrogen-bond acceptors (Lipinski definition) is 5. The molecule has 3 aromatic rings. The lowest BCUT2D eigenvalue weighted by molar-refractivity contribution is -0.119. The van der Waals surface area contributed by atoms with Gasteiger partial charge in [-0.05, 0) is 54.8 Å². The summed E-state index contributed by atoms with van der Waals surface area (Å²) in [6, 6.07) is 13.4. The third kappa shape index (κ3) is 3.72. The molecule has 1 saturated carbocycles. The van der Waals surface area contributed by atoms with Crippen molar-refractivity contribution >= 4 is 29.1 Å². The van der Waals surface area contributed by atoms with Crippen molar-refractivity contribution in [3.05, 3.63) is 75.9 Å². The van der Waals surface area contributed by atoms with Gasteiger partial charge < -0.3 is 14.8 Å². The molecular weight excluding hydrogens is 452 g/mol. The van der Waals surface area contributed by atoms with Gasteiger partial charge in [-0.1, -0.05) is 23.7 Å². The second kappa shape index (κ2) is 8.13. The van der Waals surface area contributed by atoms with Crippen molar-refractivity contribution in [2.45, 2.75) is 44.6 Å². The number of halogens is 1. The summed E-state index contributed by atoms with van der Waals surface area (Å²) < 4.78 is 12.3. The highest BCUT2D eigenvalue weighted by molar-refractivity contribution is 6.31. The molecule has 2 aromatic carbocycles. The van der Waals surface area contributed by atoms with Crippen LogP contribution in [0.15, 0.2) is 48.7 Å². The summed E-state index contributed by atoms with van der Waals surface area (Å²) in [6.07, 6.45) is 3.52. The first-order valence-corrected chi connectivity index (χ1v) is 11.9. The fraction of sp³-hybridized carbons (Fsp3) is 0.296. The highest BCUT2D eigenvalue weighted by atomic mass is 35.5. The topological polar surface area (TPSA) is 77.5 Å². The predicted molar refractivity (Wildman–Crippen MR) is 128 cm³/mol. The third-order valence-corrected chi connectivity index (χ3v) is 7.34. The minimum absolute atomic E-state index is 0.0307. The monoisotopic (exact) mass is 474 g/mol. The van der Waals surface area contributed by atoms with Gasteiger partial charge in [0.25, 0.3) is 0 Å². The van der Waals surface area contributed by atoms with Gasteiger partial charge in [0.2, 0.25) is 5.91 Å². The number of aromatic nitrogens is 1. The summed E-state index contributed by atoms with van der Waals surface area (Å²) in [5, 5.41) is 3.44. The Bertz CT molecular complexity index is 1320. The van der Waals surface area contributed by atoms with E-state index in [1.807, 2.05) is 49.4 Å². The Morgan fingerprint density at radius 1 is 1.24 bits per heavy atom. The molecule has 6 rings (SSSR count). The highest BCUT2D eigenvalue weighted by Gasteiger charge is 2.59. The average Bonchev–Trinajstić information content (AvgIpc) is 3.32. The summed E-state index contributed by atoms with van der Waals surface area (Å²) in [6.45, 7) is 1.98. The van der Waals surface area contributed by atoms with Crippen LogP contribution >= 0.6 is 11.6 Å². The van der Waals surface area contributed by atoms with Crippen LogP contribution in [0.1, 0.15) is 41.0 Å². The molecular formula is C27H23ClN2O4. The van der Waals surface area contributed by atoms with E-state index in [-0.39, 0.29) is 29.6 Å². The number of benzene rings is 2. The Kier molecular flexibility index (Phi) is 5.06. The molecule has 1 amide bonds. The number of pyridine rings is 1.